The number of urea groups is 1. The van der Waals surface area contributed by atoms with Crippen molar-refractivity contribution in [3.8, 4) is 0 Å². The molecular weight excluding hydrogens is 367 g/mol. The first-order chi connectivity index (χ1) is 10.9. The van der Waals surface area contributed by atoms with Crippen LogP contribution in [0.5, 0.6) is 0 Å². The monoisotopic (exact) mass is 382 g/mol. The highest BCUT2D eigenvalue weighted by Crippen LogP contribution is 2.38. The molecule has 23 heavy (non-hydrogen) atoms. The molecule has 1 fully saturated rings. The van der Waals surface area contributed by atoms with E-state index in [1.54, 1.807) is 24.0 Å². The zero-order valence-electron chi connectivity index (χ0n) is 12.7. The summed E-state index contributed by atoms with van der Waals surface area (Å²) in [6.45, 7) is 1.74. The number of carbonyl (C=O) groups excluding carboxylic acids is 2. The van der Waals surface area contributed by atoms with Crippen LogP contribution < -0.4 is 5.32 Å². The fourth-order valence-corrected chi connectivity index (χ4v) is 3.24. The minimum Gasteiger partial charge on any atom is -0.466 e. The van der Waals surface area contributed by atoms with Gasteiger partial charge in [0.15, 0.2) is 0 Å². The first-order valence-corrected chi connectivity index (χ1v) is 8.07. The van der Waals surface area contributed by atoms with E-state index in [1.807, 2.05) is 0 Å². The van der Waals surface area contributed by atoms with Crippen LogP contribution in [0.2, 0.25) is 0 Å². The first-order valence-electron chi connectivity index (χ1n) is 7.27. The Hall–Kier alpha value is -1.89. The van der Waals surface area contributed by atoms with Crippen molar-refractivity contribution in [2.45, 2.75) is 31.8 Å². The summed E-state index contributed by atoms with van der Waals surface area (Å²) in [7, 11) is 1.30. The third-order valence-corrected chi connectivity index (χ3v) is 4.73. The summed E-state index contributed by atoms with van der Waals surface area (Å²) in [6.07, 6.45) is 1.85. The molecule has 1 aromatic carbocycles. The standard InChI is InChI=1S/C16H16BrFN2O3/c1-8-13(15(21)23-2)14(9-3-6-12(18)11(17)7-9)19-16(22)20(8)10-4-5-10/h3,6-7,10,14H,4-5H2,1-2H3,(H,19,22). The summed E-state index contributed by atoms with van der Waals surface area (Å²) >= 11 is 3.13. The molecule has 0 saturated heterocycles. The van der Waals surface area contributed by atoms with Crippen LogP contribution in [0.25, 0.3) is 0 Å². The molecule has 0 radical (unpaired) electrons. The fourth-order valence-electron chi connectivity index (χ4n) is 2.85. The van der Waals surface area contributed by atoms with Gasteiger partial charge in [0.2, 0.25) is 0 Å². The van der Waals surface area contributed by atoms with E-state index < -0.39 is 17.8 Å². The SMILES string of the molecule is COC(=O)C1=C(C)N(C2CC2)C(=O)NC1c1ccc(F)c(Br)c1. The summed E-state index contributed by atoms with van der Waals surface area (Å²) in [5.41, 5.74) is 1.58. The highest BCUT2D eigenvalue weighted by molar-refractivity contribution is 9.10. The molecule has 1 unspecified atom stereocenters. The lowest BCUT2D eigenvalue weighted by Crippen LogP contribution is -2.48. The Morgan fingerprint density at radius 3 is 2.70 bits per heavy atom. The minimum atomic E-state index is -0.665. The van der Waals surface area contributed by atoms with E-state index in [0.29, 0.717) is 16.8 Å². The highest BCUT2D eigenvalue weighted by Gasteiger charge is 2.42. The number of amides is 2. The van der Waals surface area contributed by atoms with Gasteiger partial charge in [0, 0.05) is 11.7 Å². The average molecular weight is 383 g/mol. The third-order valence-electron chi connectivity index (χ3n) is 4.12. The summed E-state index contributed by atoms with van der Waals surface area (Å²) in [6, 6.07) is 3.63. The molecule has 122 valence electrons. The van der Waals surface area contributed by atoms with Gasteiger partial charge in [-0.3, -0.25) is 4.90 Å². The van der Waals surface area contributed by atoms with Crippen molar-refractivity contribution in [1.29, 1.82) is 0 Å². The van der Waals surface area contributed by atoms with Crippen molar-refractivity contribution >= 4 is 27.9 Å². The van der Waals surface area contributed by atoms with Gasteiger partial charge in [-0.05, 0) is 53.4 Å². The Labute approximate surface area is 141 Å². The van der Waals surface area contributed by atoms with Gasteiger partial charge in [-0.15, -0.1) is 0 Å². The van der Waals surface area contributed by atoms with Gasteiger partial charge in [-0.25, -0.2) is 14.0 Å². The van der Waals surface area contributed by atoms with Crippen LogP contribution >= 0.6 is 15.9 Å². The van der Waals surface area contributed by atoms with Crippen LogP contribution in [-0.2, 0) is 9.53 Å². The van der Waals surface area contributed by atoms with Gasteiger partial charge in [0.1, 0.15) is 5.82 Å². The average Bonchev–Trinajstić information content (AvgIpc) is 3.33. The zero-order valence-corrected chi connectivity index (χ0v) is 14.3. The van der Waals surface area contributed by atoms with Crippen LogP contribution in [-0.4, -0.2) is 30.1 Å². The zero-order chi connectivity index (χ0) is 16.7. The molecule has 1 atom stereocenters. The minimum absolute atomic E-state index is 0.135. The summed E-state index contributed by atoms with van der Waals surface area (Å²) in [4.78, 5) is 26.3. The molecule has 1 saturated carbocycles. The van der Waals surface area contributed by atoms with Gasteiger partial charge in [0.25, 0.3) is 0 Å². The fraction of sp³-hybridized carbons (Fsp3) is 0.375. The van der Waals surface area contributed by atoms with E-state index in [9.17, 15) is 14.0 Å². The molecule has 1 heterocycles. The number of nitrogens with one attached hydrogen (secondary N) is 1. The molecule has 5 nitrogen and oxygen atoms in total. The summed E-state index contributed by atoms with van der Waals surface area (Å²) < 4.78 is 18.6. The van der Waals surface area contributed by atoms with Crippen molar-refractivity contribution in [2.24, 2.45) is 0 Å². The Balaban J connectivity index is 2.08. The number of hydrogen-bond acceptors (Lipinski definition) is 3. The summed E-state index contributed by atoms with van der Waals surface area (Å²) in [5, 5.41) is 2.83. The predicted molar refractivity (Wildman–Crippen MR) is 84.9 cm³/mol. The lowest BCUT2D eigenvalue weighted by atomic mass is 9.95. The molecule has 1 aliphatic heterocycles. The number of carbonyl (C=O) groups is 2. The number of benzene rings is 1. The maximum absolute atomic E-state index is 13.5. The van der Waals surface area contributed by atoms with E-state index in [0.717, 1.165) is 12.8 Å². The Kier molecular flexibility index (Phi) is 4.14. The van der Waals surface area contributed by atoms with Crippen LogP contribution in [0.4, 0.5) is 9.18 Å². The predicted octanol–water partition coefficient (Wildman–Crippen LogP) is 3.26. The number of nitrogens with zero attached hydrogens (tertiary/aromatic N) is 1. The van der Waals surface area contributed by atoms with Crippen molar-refractivity contribution in [2.75, 3.05) is 7.11 Å². The molecule has 2 aliphatic rings. The maximum Gasteiger partial charge on any atom is 0.337 e. The van der Waals surface area contributed by atoms with Crippen molar-refractivity contribution in [3.05, 3.63) is 45.3 Å². The Morgan fingerprint density at radius 2 is 2.13 bits per heavy atom. The second kappa shape index (κ2) is 5.96. The van der Waals surface area contributed by atoms with Gasteiger partial charge < -0.3 is 10.1 Å². The number of hydrogen-bond donors (Lipinski definition) is 1. The number of ether oxygens (including phenoxy) is 1. The Morgan fingerprint density at radius 1 is 1.43 bits per heavy atom. The molecule has 3 rings (SSSR count). The van der Waals surface area contributed by atoms with E-state index in [-0.39, 0.29) is 16.5 Å². The lowest BCUT2D eigenvalue weighted by Gasteiger charge is -2.35. The normalized spacial score (nSPS) is 21.3. The molecule has 1 N–H and O–H groups in total. The number of allylic oxidation sites excluding steroid dienone is 1. The van der Waals surface area contributed by atoms with E-state index in [4.69, 9.17) is 4.74 Å². The van der Waals surface area contributed by atoms with Crippen molar-refractivity contribution < 1.29 is 18.7 Å². The molecule has 1 aromatic rings. The smallest absolute Gasteiger partial charge is 0.337 e. The van der Waals surface area contributed by atoms with Gasteiger partial charge in [-0.1, -0.05) is 6.07 Å². The van der Waals surface area contributed by atoms with Crippen molar-refractivity contribution in [3.63, 3.8) is 0 Å². The molecule has 0 aromatic heterocycles. The molecule has 1 aliphatic carbocycles. The van der Waals surface area contributed by atoms with Crippen LogP contribution in [0.3, 0.4) is 0 Å². The number of esters is 1. The van der Waals surface area contributed by atoms with Crippen LogP contribution in [0, 0.1) is 5.82 Å². The highest BCUT2D eigenvalue weighted by atomic mass is 79.9. The topological polar surface area (TPSA) is 58.6 Å². The van der Waals surface area contributed by atoms with E-state index >= 15 is 0 Å². The largest absolute Gasteiger partial charge is 0.466 e. The van der Waals surface area contributed by atoms with E-state index in [2.05, 4.69) is 21.2 Å². The van der Waals surface area contributed by atoms with Crippen molar-refractivity contribution in [1.82, 2.24) is 10.2 Å². The number of rotatable bonds is 3. The molecule has 0 bridgehead atoms. The first kappa shape index (κ1) is 16.0. The number of halogens is 2. The summed E-state index contributed by atoms with van der Waals surface area (Å²) in [5.74, 6) is -0.908. The Bertz CT molecular complexity index is 715. The second-order valence-corrected chi connectivity index (χ2v) is 6.50. The molecular formula is C16H16BrFN2O3. The quantitative estimate of drug-likeness (QED) is 0.816. The molecule has 0 spiro atoms. The van der Waals surface area contributed by atoms with Crippen LogP contribution in [0.15, 0.2) is 33.9 Å². The van der Waals surface area contributed by atoms with Gasteiger partial charge in [-0.2, -0.15) is 0 Å². The number of methoxy groups -OCH3 is 1. The van der Waals surface area contributed by atoms with Crippen LogP contribution in [0.1, 0.15) is 31.4 Å². The van der Waals surface area contributed by atoms with E-state index in [1.165, 1.54) is 13.2 Å². The van der Waals surface area contributed by atoms with Gasteiger partial charge >= 0.3 is 12.0 Å². The molecule has 2 amide bonds. The lowest BCUT2D eigenvalue weighted by molar-refractivity contribution is -0.136. The second-order valence-electron chi connectivity index (χ2n) is 5.65. The maximum atomic E-state index is 13.5. The molecule has 7 heteroatoms. The van der Waals surface area contributed by atoms with Gasteiger partial charge in [0.05, 0.1) is 23.2 Å². The third kappa shape index (κ3) is 2.85.